The zero-order valence-electron chi connectivity index (χ0n) is 11.6. The molecule has 2 aromatic rings. The summed E-state index contributed by atoms with van der Waals surface area (Å²) in [4.78, 5) is 4.43. The fourth-order valence-corrected chi connectivity index (χ4v) is 3.03. The number of halogens is 2. The summed E-state index contributed by atoms with van der Waals surface area (Å²) in [5, 5.41) is 6.33. The third kappa shape index (κ3) is 4.08. The van der Waals surface area contributed by atoms with Gasteiger partial charge in [-0.15, -0.1) is 11.3 Å². The molecule has 5 heteroatoms. The minimum absolute atomic E-state index is 0.0573. The van der Waals surface area contributed by atoms with Gasteiger partial charge in [-0.05, 0) is 43.7 Å². The molecule has 1 heterocycles. The molecule has 2 nitrogen and oxygen atoms in total. The first kappa shape index (κ1) is 15.1. The molecule has 0 amide bonds. The van der Waals surface area contributed by atoms with Crippen molar-refractivity contribution < 1.29 is 8.78 Å². The van der Waals surface area contributed by atoms with Crippen molar-refractivity contribution in [1.29, 1.82) is 0 Å². The van der Waals surface area contributed by atoms with Gasteiger partial charge in [-0.2, -0.15) is 0 Å². The quantitative estimate of drug-likeness (QED) is 0.882. The number of aryl methyl sites for hydroxylation is 1. The van der Waals surface area contributed by atoms with Crippen LogP contribution in [0.5, 0.6) is 0 Å². The standard InChI is InChI=1S/C15H18F2N2S/c1-3-18-13(8-15-19-10(2)9-20-15)7-11-6-12(16)4-5-14(11)17/h4-6,9,13,18H,3,7-8H2,1-2H3. The molecule has 0 saturated heterocycles. The van der Waals surface area contributed by atoms with Crippen LogP contribution >= 0.6 is 11.3 Å². The highest BCUT2D eigenvalue weighted by Gasteiger charge is 2.14. The zero-order chi connectivity index (χ0) is 14.5. The Balaban J connectivity index is 2.10. The summed E-state index contributed by atoms with van der Waals surface area (Å²) in [6.07, 6.45) is 1.18. The van der Waals surface area contributed by atoms with Gasteiger partial charge in [0.1, 0.15) is 11.6 Å². The van der Waals surface area contributed by atoms with Gasteiger partial charge >= 0.3 is 0 Å². The maximum Gasteiger partial charge on any atom is 0.126 e. The van der Waals surface area contributed by atoms with E-state index >= 15 is 0 Å². The maximum atomic E-state index is 13.7. The number of aromatic nitrogens is 1. The van der Waals surface area contributed by atoms with Gasteiger partial charge in [-0.25, -0.2) is 13.8 Å². The van der Waals surface area contributed by atoms with Crippen LogP contribution in [0, 0.1) is 18.6 Å². The Morgan fingerprint density at radius 2 is 2.10 bits per heavy atom. The highest BCUT2D eigenvalue weighted by atomic mass is 32.1. The van der Waals surface area contributed by atoms with E-state index in [1.165, 1.54) is 12.1 Å². The topological polar surface area (TPSA) is 24.9 Å². The molecule has 0 saturated carbocycles. The molecule has 0 bridgehead atoms. The molecule has 0 aliphatic heterocycles. The van der Waals surface area contributed by atoms with Crippen LogP contribution in [0.25, 0.3) is 0 Å². The fourth-order valence-electron chi connectivity index (χ4n) is 2.18. The molecule has 0 aliphatic carbocycles. The van der Waals surface area contributed by atoms with E-state index in [4.69, 9.17) is 0 Å². The van der Waals surface area contributed by atoms with E-state index in [1.807, 2.05) is 19.2 Å². The van der Waals surface area contributed by atoms with E-state index in [0.29, 0.717) is 12.0 Å². The first-order valence-corrected chi connectivity index (χ1v) is 7.54. The molecule has 0 fully saturated rings. The average molecular weight is 296 g/mol. The van der Waals surface area contributed by atoms with Crippen LogP contribution in [-0.2, 0) is 12.8 Å². The van der Waals surface area contributed by atoms with Crippen molar-refractivity contribution in [3.63, 3.8) is 0 Å². The number of hydrogen-bond acceptors (Lipinski definition) is 3. The molecule has 0 radical (unpaired) electrons. The summed E-state index contributed by atoms with van der Waals surface area (Å²) < 4.78 is 26.9. The summed E-state index contributed by atoms with van der Waals surface area (Å²) in [5.74, 6) is -0.758. The van der Waals surface area contributed by atoms with Crippen molar-refractivity contribution in [2.24, 2.45) is 0 Å². The molecular weight excluding hydrogens is 278 g/mol. The molecule has 108 valence electrons. The Kier molecular flexibility index (Phi) is 5.20. The van der Waals surface area contributed by atoms with Gasteiger partial charge in [0.25, 0.3) is 0 Å². The molecule has 0 spiro atoms. The highest BCUT2D eigenvalue weighted by Crippen LogP contribution is 2.16. The second-order valence-electron chi connectivity index (χ2n) is 4.78. The van der Waals surface area contributed by atoms with Crippen molar-refractivity contribution in [2.45, 2.75) is 32.7 Å². The van der Waals surface area contributed by atoms with Crippen LogP contribution < -0.4 is 5.32 Å². The lowest BCUT2D eigenvalue weighted by Gasteiger charge is -2.17. The van der Waals surface area contributed by atoms with Crippen LogP contribution in [0.1, 0.15) is 23.2 Å². The minimum Gasteiger partial charge on any atom is -0.314 e. The van der Waals surface area contributed by atoms with Gasteiger partial charge in [-0.3, -0.25) is 0 Å². The third-order valence-corrected chi connectivity index (χ3v) is 4.04. The summed E-state index contributed by atoms with van der Waals surface area (Å²) in [6, 6.07) is 3.65. The number of thiazole rings is 1. The SMILES string of the molecule is CCNC(Cc1nc(C)cs1)Cc1cc(F)ccc1F. The molecule has 2 rings (SSSR count). The van der Waals surface area contributed by atoms with Gasteiger partial charge in [0, 0.05) is 23.5 Å². The largest absolute Gasteiger partial charge is 0.314 e. The number of nitrogens with zero attached hydrogens (tertiary/aromatic N) is 1. The van der Waals surface area contributed by atoms with Crippen LogP contribution in [0.2, 0.25) is 0 Å². The second-order valence-corrected chi connectivity index (χ2v) is 5.72. The van der Waals surface area contributed by atoms with Gasteiger partial charge in [0.2, 0.25) is 0 Å². The lowest BCUT2D eigenvalue weighted by molar-refractivity contribution is 0.501. The van der Waals surface area contributed by atoms with Crippen molar-refractivity contribution in [2.75, 3.05) is 6.54 Å². The van der Waals surface area contributed by atoms with E-state index < -0.39 is 5.82 Å². The van der Waals surface area contributed by atoms with Gasteiger partial charge in [-0.1, -0.05) is 6.92 Å². The zero-order valence-corrected chi connectivity index (χ0v) is 12.4. The Morgan fingerprint density at radius 3 is 2.75 bits per heavy atom. The van der Waals surface area contributed by atoms with Crippen LogP contribution in [0.3, 0.4) is 0 Å². The van der Waals surface area contributed by atoms with E-state index in [-0.39, 0.29) is 11.9 Å². The predicted molar refractivity (Wildman–Crippen MR) is 78.1 cm³/mol. The van der Waals surface area contributed by atoms with Gasteiger partial charge in [0.05, 0.1) is 5.01 Å². The second kappa shape index (κ2) is 6.90. The number of likely N-dealkylation sites (N-methyl/N-ethyl adjacent to an activating group) is 1. The van der Waals surface area contributed by atoms with E-state index in [9.17, 15) is 8.78 Å². The smallest absolute Gasteiger partial charge is 0.126 e. The van der Waals surface area contributed by atoms with Gasteiger partial charge < -0.3 is 5.32 Å². The lowest BCUT2D eigenvalue weighted by Crippen LogP contribution is -2.33. The molecule has 1 atom stereocenters. The number of rotatable bonds is 6. The van der Waals surface area contributed by atoms with Crippen molar-refractivity contribution in [1.82, 2.24) is 10.3 Å². The Bertz CT molecular complexity index is 569. The van der Waals surface area contributed by atoms with E-state index in [0.717, 1.165) is 29.7 Å². The highest BCUT2D eigenvalue weighted by molar-refractivity contribution is 7.09. The number of hydrogen-bond donors (Lipinski definition) is 1. The average Bonchev–Trinajstić information content (AvgIpc) is 2.79. The first-order valence-electron chi connectivity index (χ1n) is 6.66. The summed E-state index contributed by atoms with van der Waals surface area (Å²) in [7, 11) is 0. The third-order valence-electron chi connectivity index (χ3n) is 3.05. The lowest BCUT2D eigenvalue weighted by atomic mass is 10.0. The van der Waals surface area contributed by atoms with Gasteiger partial charge in [0.15, 0.2) is 0 Å². The Labute approximate surface area is 121 Å². The first-order chi connectivity index (χ1) is 9.58. The molecule has 20 heavy (non-hydrogen) atoms. The van der Waals surface area contributed by atoms with E-state index in [2.05, 4.69) is 10.3 Å². The molecule has 1 aromatic heterocycles. The summed E-state index contributed by atoms with van der Waals surface area (Å²) in [6.45, 7) is 4.74. The number of nitrogens with one attached hydrogen (secondary N) is 1. The van der Waals surface area contributed by atoms with Crippen molar-refractivity contribution in [3.05, 3.63) is 51.5 Å². The maximum absolute atomic E-state index is 13.7. The molecule has 1 aromatic carbocycles. The summed E-state index contributed by atoms with van der Waals surface area (Å²) >= 11 is 1.60. The molecule has 1 N–H and O–H groups in total. The number of benzene rings is 1. The fraction of sp³-hybridized carbons (Fsp3) is 0.400. The minimum atomic E-state index is -0.401. The molecule has 1 unspecified atom stereocenters. The normalized spacial score (nSPS) is 12.6. The predicted octanol–water partition coefficient (Wildman–Crippen LogP) is 3.49. The summed E-state index contributed by atoms with van der Waals surface area (Å²) in [5.41, 5.74) is 1.40. The Morgan fingerprint density at radius 1 is 1.30 bits per heavy atom. The van der Waals surface area contributed by atoms with Crippen LogP contribution in [0.15, 0.2) is 23.6 Å². The molecule has 0 aliphatic rings. The van der Waals surface area contributed by atoms with Crippen LogP contribution in [-0.4, -0.2) is 17.6 Å². The van der Waals surface area contributed by atoms with Crippen LogP contribution in [0.4, 0.5) is 8.78 Å². The van der Waals surface area contributed by atoms with Crippen molar-refractivity contribution in [3.8, 4) is 0 Å². The molecular formula is C15H18F2N2S. The monoisotopic (exact) mass is 296 g/mol. The Hall–Kier alpha value is -1.33. The van der Waals surface area contributed by atoms with Crippen molar-refractivity contribution >= 4 is 11.3 Å². The van der Waals surface area contributed by atoms with E-state index in [1.54, 1.807) is 11.3 Å².